The van der Waals surface area contributed by atoms with E-state index >= 15 is 0 Å². The Morgan fingerprint density at radius 1 is 1.54 bits per heavy atom. The van der Waals surface area contributed by atoms with Crippen LogP contribution in [0.15, 0.2) is 0 Å². The van der Waals surface area contributed by atoms with Crippen molar-refractivity contribution in [3.05, 3.63) is 11.6 Å². The van der Waals surface area contributed by atoms with Crippen LogP contribution >= 0.6 is 0 Å². The van der Waals surface area contributed by atoms with Crippen LogP contribution in [0.25, 0.3) is 0 Å². The van der Waals surface area contributed by atoms with E-state index in [0.717, 1.165) is 18.2 Å². The van der Waals surface area contributed by atoms with Gasteiger partial charge in [0.25, 0.3) is 0 Å². The summed E-state index contributed by atoms with van der Waals surface area (Å²) in [7, 11) is 0. The van der Waals surface area contributed by atoms with E-state index < -0.39 is 0 Å². The van der Waals surface area contributed by atoms with Gasteiger partial charge in [0.15, 0.2) is 0 Å². The van der Waals surface area contributed by atoms with Gasteiger partial charge in [-0.05, 0) is 26.7 Å². The normalized spacial score (nSPS) is 19.0. The van der Waals surface area contributed by atoms with Gasteiger partial charge >= 0.3 is 0 Å². The lowest BCUT2D eigenvalue weighted by molar-refractivity contribution is 0.616. The van der Waals surface area contributed by atoms with Crippen molar-refractivity contribution >= 4 is 0 Å². The second-order valence-corrected chi connectivity index (χ2v) is 3.72. The SMILES string of the molecule is CCn1c(C(C)N)nnc1C1CC1. The minimum Gasteiger partial charge on any atom is -0.322 e. The zero-order valence-corrected chi connectivity index (χ0v) is 8.20. The highest BCUT2D eigenvalue weighted by atomic mass is 15.3. The van der Waals surface area contributed by atoms with Crippen molar-refractivity contribution in [2.75, 3.05) is 0 Å². The van der Waals surface area contributed by atoms with Gasteiger partial charge in [-0.15, -0.1) is 10.2 Å². The van der Waals surface area contributed by atoms with Crippen LogP contribution in [0.3, 0.4) is 0 Å². The highest BCUT2D eigenvalue weighted by Gasteiger charge is 2.30. The first-order valence-electron chi connectivity index (χ1n) is 4.92. The summed E-state index contributed by atoms with van der Waals surface area (Å²) in [5, 5.41) is 8.34. The molecular formula is C9H16N4. The van der Waals surface area contributed by atoms with E-state index in [-0.39, 0.29) is 6.04 Å². The summed E-state index contributed by atoms with van der Waals surface area (Å²) >= 11 is 0. The zero-order valence-electron chi connectivity index (χ0n) is 8.20. The Bertz CT molecular complexity index is 279. The maximum atomic E-state index is 5.80. The molecule has 0 spiro atoms. The molecule has 1 aromatic heterocycles. The Morgan fingerprint density at radius 3 is 2.69 bits per heavy atom. The zero-order chi connectivity index (χ0) is 9.42. The molecule has 1 aromatic rings. The smallest absolute Gasteiger partial charge is 0.149 e. The van der Waals surface area contributed by atoms with E-state index in [4.69, 9.17) is 5.73 Å². The summed E-state index contributed by atoms with van der Waals surface area (Å²) in [5.41, 5.74) is 5.80. The minimum atomic E-state index is -0.0139. The Hall–Kier alpha value is -0.900. The van der Waals surface area contributed by atoms with Crippen molar-refractivity contribution in [2.24, 2.45) is 5.73 Å². The maximum Gasteiger partial charge on any atom is 0.149 e. The first-order valence-corrected chi connectivity index (χ1v) is 4.92. The van der Waals surface area contributed by atoms with Gasteiger partial charge in [-0.1, -0.05) is 0 Å². The van der Waals surface area contributed by atoms with E-state index in [1.54, 1.807) is 0 Å². The molecule has 0 saturated heterocycles. The van der Waals surface area contributed by atoms with Crippen LogP contribution in [0.1, 0.15) is 50.3 Å². The van der Waals surface area contributed by atoms with E-state index in [0.29, 0.717) is 5.92 Å². The van der Waals surface area contributed by atoms with Crippen molar-refractivity contribution < 1.29 is 0 Å². The molecule has 1 saturated carbocycles. The molecule has 0 aromatic carbocycles. The predicted octanol–water partition coefficient (Wildman–Crippen LogP) is 1.20. The lowest BCUT2D eigenvalue weighted by Crippen LogP contribution is -2.14. The first kappa shape index (κ1) is 8.69. The number of hydrogen-bond donors (Lipinski definition) is 1. The Kier molecular flexibility index (Phi) is 2.07. The van der Waals surface area contributed by atoms with E-state index in [1.165, 1.54) is 12.8 Å². The molecule has 4 nitrogen and oxygen atoms in total. The predicted molar refractivity (Wildman–Crippen MR) is 50.3 cm³/mol. The molecule has 13 heavy (non-hydrogen) atoms. The molecule has 0 aliphatic heterocycles. The molecule has 4 heteroatoms. The first-order chi connectivity index (χ1) is 6.24. The Balaban J connectivity index is 2.35. The van der Waals surface area contributed by atoms with Crippen molar-refractivity contribution in [2.45, 2.75) is 45.2 Å². The standard InChI is InChI=1S/C9H16N4/c1-3-13-8(6(2)10)11-12-9(13)7-4-5-7/h6-7H,3-5,10H2,1-2H3. The largest absolute Gasteiger partial charge is 0.322 e. The van der Waals surface area contributed by atoms with Gasteiger partial charge in [-0.3, -0.25) is 0 Å². The van der Waals surface area contributed by atoms with Gasteiger partial charge in [0, 0.05) is 12.5 Å². The molecule has 2 N–H and O–H groups in total. The molecule has 0 bridgehead atoms. The van der Waals surface area contributed by atoms with Gasteiger partial charge in [0.2, 0.25) is 0 Å². The average Bonchev–Trinajstić information content (AvgIpc) is 2.84. The van der Waals surface area contributed by atoms with Crippen molar-refractivity contribution in [3.8, 4) is 0 Å². The lowest BCUT2D eigenvalue weighted by Gasteiger charge is -2.08. The summed E-state index contributed by atoms with van der Waals surface area (Å²) in [6.07, 6.45) is 2.52. The fourth-order valence-electron chi connectivity index (χ4n) is 1.63. The lowest BCUT2D eigenvalue weighted by atomic mass is 10.3. The number of nitrogens with two attached hydrogens (primary N) is 1. The Morgan fingerprint density at radius 2 is 2.23 bits per heavy atom. The van der Waals surface area contributed by atoms with Crippen LogP contribution < -0.4 is 5.73 Å². The molecule has 1 aliphatic carbocycles. The topological polar surface area (TPSA) is 56.7 Å². The third-order valence-electron chi connectivity index (χ3n) is 2.47. The van der Waals surface area contributed by atoms with Crippen LogP contribution in [0, 0.1) is 0 Å². The van der Waals surface area contributed by atoms with Crippen molar-refractivity contribution in [1.82, 2.24) is 14.8 Å². The fourth-order valence-corrected chi connectivity index (χ4v) is 1.63. The Labute approximate surface area is 78.1 Å². The molecule has 1 atom stereocenters. The van der Waals surface area contributed by atoms with Crippen LogP contribution in [0.2, 0.25) is 0 Å². The van der Waals surface area contributed by atoms with Crippen LogP contribution in [0.4, 0.5) is 0 Å². The molecular weight excluding hydrogens is 164 g/mol. The van der Waals surface area contributed by atoms with E-state index in [1.807, 2.05) is 6.92 Å². The maximum absolute atomic E-state index is 5.80. The number of nitrogens with zero attached hydrogens (tertiary/aromatic N) is 3. The summed E-state index contributed by atoms with van der Waals surface area (Å²) in [4.78, 5) is 0. The summed E-state index contributed by atoms with van der Waals surface area (Å²) in [5.74, 6) is 2.71. The van der Waals surface area contributed by atoms with Crippen molar-refractivity contribution in [3.63, 3.8) is 0 Å². The van der Waals surface area contributed by atoms with Crippen LogP contribution in [-0.4, -0.2) is 14.8 Å². The van der Waals surface area contributed by atoms with Gasteiger partial charge in [0.05, 0.1) is 6.04 Å². The fraction of sp³-hybridized carbons (Fsp3) is 0.778. The van der Waals surface area contributed by atoms with Crippen molar-refractivity contribution in [1.29, 1.82) is 0 Å². The highest BCUT2D eigenvalue weighted by Crippen LogP contribution is 2.39. The monoisotopic (exact) mass is 180 g/mol. The quantitative estimate of drug-likeness (QED) is 0.760. The van der Waals surface area contributed by atoms with Gasteiger partial charge in [0.1, 0.15) is 11.6 Å². The molecule has 2 rings (SSSR count). The van der Waals surface area contributed by atoms with Crippen LogP contribution in [0.5, 0.6) is 0 Å². The van der Waals surface area contributed by atoms with Gasteiger partial charge < -0.3 is 10.3 Å². The molecule has 1 aliphatic rings. The van der Waals surface area contributed by atoms with Gasteiger partial charge in [-0.2, -0.15) is 0 Å². The van der Waals surface area contributed by atoms with Gasteiger partial charge in [-0.25, -0.2) is 0 Å². The average molecular weight is 180 g/mol. The molecule has 0 amide bonds. The number of aromatic nitrogens is 3. The third-order valence-corrected chi connectivity index (χ3v) is 2.47. The second-order valence-electron chi connectivity index (χ2n) is 3.72. The van der Waals surface area contributed by atoms with E-state index in [2.05, 4.69) is 21.7 Å². The van der Waals surface area contributed by atoms with Crippen LogP contribution in [-0.2, 0) is 6.54 Å². The highest BCUT2D eigenvalue weighted by molar-refractivity contribution is 5.09. The number of rotatable bonds is 3. The molecule has 1 fully saturated rings. The second kappa shape index (κ2) is 3.10. The summed E-state index contributed by atoms with van der Waals surface area (Å²) < 4.78 is 2.16. The minimum absolute atomic E-state index is 0.0139. The molecule has 1 heterocycles. The van der Waals surface area contributed by atoms with E-state index in [9.17, 15) is 0 Å². The summed E-state index contributed by atoms with van der Waals surface area (Å²) in [6, 6.07) is -0.0139. The third kappa shape index (κ3) is 1.46. The summed E-state index contributed by atoms with van der Waals surface area (Å²) in [6.45, 7) is 4.99. The molecule has 0 radical (unpaired) electrons. The number of hydrogen-bond acceptors (Lipinski definition) is 3. The molecule has 72 valence electrons. The molecule has 1 unspecified atom stereocenters.